The van der Waals surface area contributed by atoms with Gasteiger partial charge in [0.1, 0.15) is 0 Å². The molecule has 0 radical (unpaired) electrons. The summed E-state index contributed by atoms with van der Waals surface area (Å²) < 4.78 is 5.76. The Hall–Kier alpha value is -1.24. The fourth-order valence-corrected chi connectivity index (χ4v) is 2.63. The van der Waals surface area contributed by atoms with Crippen LogP contribution in [0.5, 0.6) is 0 Å². The summed E-state index contributed by atoms with van der Waals surface area (Å²) in [6, 6.07) is 4.66. The summed E-state index contributed by atoms with van der Waals surface area (Å²) in [5, 5.41) is 0. The first-order chi connectivity index (χ1) is 9.06. The molecule has 0 N–H and O–H groups in total. The fraction of sp³-hybridized carbons (Fsp3) is 0.556. The summed E-state index contributed by atoms with van der Waals surface area (Å²) in [6.45, 7) is 9.75. The van der Waals surface area contributed by atoms with Gasteiger partial charge < -0.3 is 4.74 Å². The first-order valence-electron chi connectivity index (χ1n) is 7.45. The maximum atomic E-state index is 5.76. The zero-order valence-corrected chi connectivity index (χ0v) is 12.8. The molecule has 0 spiro atoms. The molecule has 0 aromatic heterocycles. The minimum atomic E-state index is 0.686. The minimum absolute atomic E-state index is 0.686. The molecular formula is C18H26O. The number of hydrogen-bond donors (Lipinski definition) is 0. The summed E-state index contributed by atoms with van der Waals surface area (Å²) in [7, 11) is 0. The predicted molar refractivity (Wildman–Crippen MR) is 81.4 cm³/mol. The Bertz CT molecular complexity index is 471. The maximum Gasteiger partial charge on any atom is 0.0920 e. The van der Waals surface area contributed by atoms with Crippen molar-refractivity contribution in [2.24, 2.45) is 5.92 Å². The van der Waals surface area contributed by atoms with Crippen molar-refractivity contribution < 1.29 is 4.74 Å². The van der Waals surface area contributed by atoms with Crippen molar-refractivity contribution in [2.75, 3.05) is 6.61 Å². The van der Waals surface area contributed by atoms with Crippen LogP contribution in [0.3, 0.4) is 0 Å². The highest BCUT2D eigenvalue weighted by Crippen LogP contribution is 2.22. The lowest BCUT2D eigenvalue weighted by Crippen LogP contribution is -2.10. The third kappa shape index (κ3) is 3.86. The van der Waals surface area contributed by atoms with Crippen molar-refractivity contribution in [1.29, 1.82) is 0 Å². The van der Waals surface area contributed by atoms with Crippen molar-refractivity contribution in [3.63, 3.8) is 0 Å². The lowest BCUT2D eigenvalue weighted by atomic mass is 9.96. The Morgan fingerprint density at radius 2 is 1.79 bits per heavy atom. The third-order valence-corrected chi connectivity index (χ3v) is 4.12. The van der Waals surface area contributed by atoms with Gasteiger partial charge in [0.15, 0.2) is 0 Å². The zero-order valence-electron chi connectivity index (χ0n) is 12.8. The van der Waals surface area contributed by atoms with E-state index < -0.39 is 0 Å². The summed E-state index contributed by atoms with van der Waals surface area (Å²) >= 11 is 0. The average Bonchev–Trinajstić information content (AvgIpc) is 2.38. The van der Waals surface area contributed by atoms with Gasteiger partial charge in [-0.25, -0.2) is 0 Å². The lowest BCUT2D eigenvalue weighted by Gasteiger charge is -2.20. The standard InChI is InChI=1S/C18H26O/c1-13-8-9-18(19-12-13)7-5-6-17-11-15(3)14(2)10-16(17)4/h9-11,13H,5-8,12H2,1-4H3. The molecule has 1 aliphatic heterocycles. The van der Waals surface area contributed by atoms with Crippen LogP contribution in [0.15, 0.2) is 24.0 Å². The van der Waals surface area contributed by atoms with Crippen LogP contribution in [0.1, 0.15) is 48.4 Å². The number of allylic oxidation sites excluding steroid dienone is 2. The molecule has 104 valence electrons. The van der Waals surface area contributed by atoms with Gasteiger partial charge in [0, 0.05) is 6.42 Å². The van der Waals surface area contributed by atoms with Crippen LogP contribution in [-0.4, -0.2) is 6.61 Å². The van der Waals surface area contributed by atoms with Crippen molar-refractivity contribution in [2.45, 2.75) is 53.4 Å². The van der Waals surface area contributed by atoms with Gasteiger partial charge in [0.2, 0.25) is 0 Å². The first-order valence-corrected chi connectivity index (χ1v) is 7.45. The normalized spacial score (nSPS) is 18.9. The second kappa shape index (κ2) is 6.27. The van der Waals surface area contributed by atoms with Gasteiger partial charge in [-0.15, -0.1) is 0 Å². The third-order valence-electron chi connectivity index (χ3n) is 4.12. The summed E-state index contributed by atoms with van der Waals surface area (Å²) in [5.41, 5.74) is 5.72. The van der Waals surface area contributed by atoms with Gasteiger partial charge in [-0.1, -0.05) is 19.1 Å². The highest BCUT2D eigenvalue weighted by Gasteiger charge is 2.10. The topological polar surface area (TPSA) is 9.23 Å². The molecule has 1 nitrogen and oxygen atoms in total. The van der Waals surface area contributed by atoms with Crippen LogP contribution in [0.25, 0.3) is 0 Å². The molecule has 0 aliphatic carbocycles. The van der Waals surface area contributed by atoms with E-state index in [1.807, 2.05) is 0 Å². The Balaban J connectivity index is 1.88. The van der Waals surface area contributed by atoms with Crippen LogP contribution < -0.4 is 0 Å². The molecule has 0 saturated heterocycles. The van der Waals surface area contributed by atoms with E-state index in [-0.39, 0.29) is 0 Å². The molecule has 1 aromatic rings. The van der Waals surface area contributed by atoms with E-state index in [1.54, 1.807) is 0 Å². The van der Waals surface area contributed by atoms with Gasteiger partial charge in [-0.05, 0) is 74.3 Å². The Labute approximate surface area is 117 Å². The molecule has 1 aromatic carbocycles. The zero-order chi connectivity index (χ0) is 13.8. The largest absolute Gasteiger partial charge is 0.498 e. The molecule has 1 aliphatic rings. The Kier molecular flexibility index (Phi) is 4.68. The number of ether oxygens (including phenoxy) is 1. The van der Waals surface area contributed by atoms with Crippen LogP contribution in [0, 0.1) is 26.7 Å². The molecule has 2 rings (SSSR count). The van der Waals surface area contributed by atoms with E-state index in [4.69, 9.17) is 4.74 Å². The van der Waals surface area contributed by atoms with Gasteiger partial charge in [-0.2, -0.15) is 0 Å². The van der Waals surface area contributed by atoms with Gasteiger partial charge >= 0.3 is 0 Å². The van der Waals surface area contributed by atoms with Crippen LogP contribution in [0.2, 0.25) is 0 Å². The van der Waals surface area contributed by atoms with Crippen LogP contribution in [-0.2, 0) is 11.2 Å². The first kappa shape index (κ1) is 14.2. The second-order valence-electron chi connectivity index (χ2n) is 6.04. The van der Waals surface area contributed by atoms with E-state index in [1.165, 1.54) is 40.9 Å². The fourth-order valence-electron chi connectivity index (χ4n) is 2.63. The monoisotopic (exact) mass is 258 g/mol. The Morgan fingerprint density at radius 3 is 2.47 bits per heavy atom. The molecule has 0 bridgehead atoms. The smallest absolute Gasteiger partial charge is 0.0920 e. The van der Waals surface area contributed by atoms with E-state index >= 15 is 0 Å². The molecular weight excluding hydrogens is 232 g/mol. The number of hydrogen-bond acceptors (Lipinski definition) is 1. The van der Waals surface area contributed by atoms with E-state index in [0.29, 0.717) is 5.92 Å². The highest BCUT2D eigenvalue weighted by molar-refractivity contribution is 5.36. The number of aryl methyl sites for hydroxylation is 4. The van der Waals surface area contributed by atoms with Crippen LogP contribution in [0.4, 0.5) is 0 Å². The van der Waals surface area contributed by atoms with Crippen molar-refractivity contribution in [3.8, 4) is 0 Å². The molecule has 0 saturated carbocycles. The molecule has 1 heteroatoms. The average molecular weight is 258 g/mol. The van der Waals surface area contributed by atoms with Crippen molar-refractivity contribution >= 4 is 0 Å². The molecule has 0 amide bonds. The Morgan fingerprint density at radius 1 is 1.05 bits per heavy atom. The molecule has 1 unspecified atom stereocenters. The molecule has 19 heavy (non-hydrogen) atoms. The summed E-state index contributed by atoms with van der Waals surface area (Å²) in [4.78, 5) is 0. The van der Waals surface area contributed by atoms with Crippen molar-refractivity contribution in [1.82, 2.24) is 0 Å². The van der Waals surface area contributed by atoms with E-state index in [9.17, 15) is 0 Å². The molecule has 1 heterocycles. The van der Waals surface area contributed by atoms with Crippen molar-refractivity contribution in [3.05, 3.63) is 46.2 Å². The van der Waals surface area contributed by atoms with E-state index in [2.05, 4.69) is 45.9 Å². The SMILES string of the molecule is Cc1cc(C)c(CCCC2=CCC(C)CO2)cc1C. The summed E-state index contributed by atoms with van der Waals surface area (Å²) in [5.74, 6) is 1.89. The number of rotatable bonds is 4. The quantitative estimate of drug-likeness (QED) is 0.748. The van der Waals surface area contributed by atoms with Gasteiger partial charge in [-0.3, -0.25) is 0 Å². The predicted octanol–water partition coefficient (Wildman–Crippen LogP) is 4.87. The number of benzene rings is 1. The molecule has 0 fully saturated rings. The van der Waals surface area contributed by atoms with Gasteiger partial charge in [0.25, 0.3) is 0 Å². The minimum Gasteiger partial charge on any atom is -0.498 e. The summed E-state index contributed by atoms with van der Waals surface area (Å²) in [6.07, 6.45) is 6.88. The highest BCUT2D eigenvalue weighted by atomic mass is 16.5. The maximum absolute atomic E-state index is 5.76. The molecule has 1 atom stereocenters. The van der Waals surface area contributed by atoms with E-state index in [0.717, 1.165) is 19.4 Å². The lowest BCUT2D eigenvalue weighted by molar-refractivity contribution is 0.146. The van der Waals surface area contributed by atoms with Gasteiger partial charge in [0.05, 0.1) is 12.4 Å². The second-order valence-corrected chi connectivity index (χ2v) is 6.04. The van der Waals surface area contributed by atoms with Crippen LogP contribution >= 0.6 is 0 Å².